The second kappa shape index (κ2) is 4.57. The van der Waals surface area contributed by atoms with Crippen LogP contribution in [0.15, 0.2) is 12.1 Å². The van der Waals surface area contributed by atoms with Crippen molar-refractivity contribution in [1.29, 1.82) is 0 Å². The maximum atomic E-state index is 6.20. The number of ether oxygens (including phenoxy) is 2. The number of hydrogen-bond acceptors (Lipinski definition) is 3. The number of halogens is 1. The average molecular weight is 280 g/mol. The Morgan fingerprint density at radius 3 is 2.95 bits per heavy atom. The lowest BCUT2D eigenvalue weighted by molar-refractivity contribution is 0.174. The zero-order valence-electron chi connectivity index (χ0n) is 10.8. The largest absolute Gasteiger partial charge is 0.454 e. The molecule has 1 heterocycles. The predicted molar refractivity (Wildman–Crippen MR) is 73.7 cm³/mol. The Hall–Kier alpha value is -0.930. The maximum absolute atomic E-state index is 6.20. The van der Waals surface area contributed by atoms with Crippen LogP contribution in [0.3, 0.4) is 0 Å². The van der Waals surface area contributed by atoms with Gasteiger partial charge in [-0.25, -0.2) is 0 Å². The second-order valence-corrected chi connectivity index (χ2v) is 6.38. The molecule has 4 rings (SSSR count). The number of fused-ring (bicyclic) bond motifs is 3. The highest BCUT2D eigenvalue weighted by Crippen LogP contribution is 2.45. The molecule has 3 nitrogen and oxygen atoms in total. The zero-order valence-corrected chi connectivity index (χ0v) is 11.6. The van der Waals surface area contributed by atoms with Gasteiger partial charge in [-0.1, -0.05) is 18.0 Å². The summed E-state index contributed by atoms with van der Waals surface area (Å²) >= 11 is 6.20. The molecule has 0 spiro atoms. The molecule has 2 saturated carbocycles. The summed E-state index contributed by atoms with van der Waals surface area (Å²) in [6, 6.07) is 4.71. The Morgan fingerprint density at radius 1 is 1.21 bits per heavy atom. The minimum absolute atomic E-state index is 0.276. The van der Waals surface area contributed by atoms with E-state index in [1.54, 1.807) is 0 Å². The molecule has 3 aliphatic rings. The van der Waals surface area contributed by atoms with E-state index in [0.29, 0.717) is 16.8 Å². The van der Waals surface area contributed by atoms with E-state index < -0.39 is 0 Å². The molecular formula is C15H18ClNO2. The molecular weight excluding hydrogens is 262 g/mol. The number of rotatable bonds is 3. The highest BCUT2D eigenvalue weighted by Gasteiger charge is 2.39. The quantitative estimate of drug-likeness (QED) is 0.920. The summed E-state index contributed by atoms with van der Waals surface area (Å²) in [6.45, 7) is 1.14. The zero-order chi connectivity index (χ0) is 12.8. The molecule has 1 N–H and O–H groups in total. The highest BCUT2D eigenvalue weighted by molar-refractivity contribution is 6.32. The van der Waals surface area contributed by atoms with Gasteiger partial charge in [0.15, 0.2) is 11.5 Å². The van der Waals surface area contributed by atoms with Crippen LogP contribution in [0.5, 0.6) is 11.5 Å². The standard InChI is InChI=1S/C15H18ClNO2/c16-12-4-10(6-14-15(12)19-8-18-14)7-17-13-5-9-1-2-11(13)3-9/h4,6,9,11,13,17H,1-3,5,7-8H2. The van der Waals surface area contributed by atoms with E-state index in [1.807, 2.05) is 12.1 Å². The Labute approximate surface area is 118 Å². The van der Waals surface area contributed by atoms with E-state index in [-0.39, 0.29) is 6.79 Å². The van der Waals surface area contributed by atoms with Crippen LogP contribution in [0.2, 0.25) is 5.02 Å². The van der Waals surface area contributed by atoms with Gasteiger partial charge in [-0.3, -0.25) is 0 Å². The third-order valence-corrected chi connectivity index (χ3v) is 5.07. The molecule has 2 fully saturated rings. The number of nitrogens with one attached hydrogen (secondary N) is 1. The Kier molecular flexibility index (Phi) is 2.85. The van der Waals surface area contributed by atoms with Crippen molar-refractivity contribution < 1.29 is 9.47 Å². The summed E-state index contributed by atoms with van der Waals surface area (Å²) in [5.74, 6) is 3.33. The van der Waals surface area contributed by atoms with Gasteiger partial charge in [-0.2, -0.15) is 0 Å². The first kappa shape index (κ1) is 11.9. The van der Waals surface area contributed by atoms with Gasteiger partial charge in [0, 0.05) is 12.6 Å². The van der Waals surface area contributed by atoms with Crippen LogP contribution in [-0.4, -0.2) is 12.8 Å². The van der Waals surface area contributed by atoms with Crippen LogP contribution in [0.4, 0.5) is 0 Å². The first-order chi connectivity index (χ1) is 9.29. The number of hydrogen-bond donors (Lipinski definition) is 1. The normalized spacial score (nSPS) is 31.1. The summed E-state index contributed by atoms with van der Waals surface area (Å²) in [5, 5.41) is 4.35. The molecule has 0 aromatic heterocycles. The fourth-order valence-electron chi connectivity index (χ4n) is 3.87. The Bertz CT molecular complexity index is 505. The van der Waals surface area contributed by atoms with E-state index in [2.05, 4.69) is 5.32 Å². The SMILES string of the molecule is Clc1cc(CNC2CC3CCC2C3)cc2c1OCO2. The van der Waals surface area contributed by atoms with Gasteiger partial charge in [0.1, 0.15) is 0 Å². The van der Waals surface area contributed by atoms with Crippen molar-refractivity contribution in [1.82, 2.24) is 5.32 Å². The summed E-state index contributed by atoms with van der Waals surface area (Å²) < 4.78 is 10.7. The molecule has 102 valence electrons. The summed E-state index contributed by atoms with van der Waals surface area (Å²) in [7, 11) is 0. The van der Waals surface area contributed by atoms with Crippen LogP contribution < -0.4 is 14.8 Å². The third-order valence-electron chi connectivity index (χ3n) is 4.79. The van der Waals surface area contributed by atoms with Gasteiger partial charge in [0.2, 0.25) is 6.79 Å². The van der Waals surface area contributed by atoms with Crippen molar-refractivity contribution in [2.75, 3.05) is 6.79 Å². The molecule has 1 aliphatic heterocycles. The molecule has 19 heavy (non-hydrogen) atoms. The summed E-state index contributed by atoms with van der Waals surface area (Å²) in [6.07, 6.45) is 5.63. The fraction of sp³-hybridized carbons (Fsp3) is 0.600. The lowest BCUT2D eigenvalue weighted by Crippen LogP contribution is -2.33. The minimum Gasteiger partial charge on any atom is -0.454 e. The van der Waals surface area contributed by atoms with Crippen LogP contribution in [0, 0.1) is 11.8 Å². The first-order valence-corrected chi connectivity index (χ1v) is 7.49. The molecule has 4 heteroatoms. The van der Waals surface area contributed by atoms with Crippen LogP contribution in [0.1, 0.15) is 31.2 Å². The minimum atomic E-state index is 0.276. The van der Waals surface area contributed by atoms with E-state index in [0.717, 1.165) is 24.1 Å². The molecule has 3 atom stereocenters. The highest BCUT2D eigenvalue weighted by atomic mass is 35.5. The van der Waals surface area contributed by atoms with Gasteiger partial charge >= 0.3 is 0 Å². The maximum Gasteiger partial charge on any atom is 0.231 e. The molecule has 1 aromatic carbocycles. The first-order valence-electron chi connectivity index (χ1n) is 7.11. The fourth-order valence-corrected chi connectivity index (χ4v) is 4.15. The lowest BCUT2D eigenvalue weighted by Gasteiger charge is -2.23. The Morgan fingerprint density at radius 2 is 2.16 bits per heavy atom. The topological polar surface area (TPSA) is 30.5 Å². The van der Waals surface area contributed by atoms with E-state index >= 15 is 0 Å². The second-order valence-electron chi connectivity index (χ2n) is 5.97. The molecule has 0 radical (unpaired) electrons. The Balaban J connectivity index is 1.44. The molecule has 2 aliphatic carbocycles. The van der Waals surface area contributed by atoms with E-state index in [9.17, 15) is 0 Å². The smallest absolute Gasteiger partial charge is 0.231 e. The molecule has 3 unspecified atom stereocenters. The molecule has 2 bridgehead atoms. The van der Waals surface area contributed by atoms with Gasteiger partial charge in [0.05, 0.1) is 5.02 Å². The lowest BCUT2D eigenvalue weighted by atomic mass is 9.95. The van der Waals surface area contributed by atoms with Gasteiger partial charge < -0.3 is 14.8 Å². The monoisotopic (exact) mass is 279 g/mol. The molecule has 0 amide bonds. The van der Waals surface area contributed by atoms with Gasteiger partial charge in [-0.15, -0.1) is 0 Å². The summed E-state index contributed by atoms with van der Waals surface area (Å²) in [4.78, 5) is 0. The summed E-state index contributed by atoms with van der Waals surface area (Å²) in [5.41, 5.74) is 1.18. The van der Waals surface area contributed by atoms with Crippen LogP contribution >= 0.6 is 11.6 Å². The predicted octanol–water partition coefficient (Wildman–Crippen LogP) is 3.35. The van der Waals surface area contributed by atoms with Gasteiger partial charge in [0.25, 0.3) is 0 Å². The van der Waals surface area contributed by atoms with Crippen molar-refractivity contribution in [2.45, 2.75) is 38.3 Å². The number of benzene rings is 1. The van der Waals surface area contributed by atoms with Crippen molar-refractivity contribution in [2.24, 2.45) is 11.8 Å². The average Bonchev–Trinajstić information content (AvgIpc) is 3.11. The third kappa shape index (κ3) is 2.09. The van der Waals surface area contributed by atoms with Crippen LogP contribution in [-0.2, 0) is 6.54 Å². The molecule has 1 aromatic rings. The van der Waals surface area contributed by atoms with E-state index in [4.69, 9.17) is 21.1 Å². The van der Waals surface area contributed by atoms with Crippen molar-refractivity contribution in [3.05, 3.63) is 22.7 Å². The van der Waals surface area contributed by atoms with E-state index in [1.165, 1.54) is 31.2 Å². The van der Waals surface area contributed by atoms with Crippen LogP contribution in [0.25, 0.3) is 0 Å². The molecule has 0 saturated heterocycles. The van der Waals surface area contributed by atoms with Crippen molar-refractivity contribution >= 4 is 11.6 Å². The van der Waals surface area contributed by atoms with Gasteiger partial charge in [-0.05, 0) is 48.8 Å². The van der Waals surface area contributed by atoms with Crippen molar-refractivity contribution in [3.63, 3.8) is 0 Å². The van der Waals surface area contributed by atoms with Crippen molar-refractivity contribution in [3.8, 4) is 11.5 Å².